The number of rotatable bonds is 0. The quantitative estimate of drug-likeness (QED) is 0.486. The van der Waals surface area contributed by atoms with Crippen LogP contribution in [-0.4, -0.2) is 23.9 Å². The van der Waals surface area contributed by atoms with E-state index in [1.54, 1.807) is 0 Å². The minimum absolute atomic E-state index is 0.370. The van der Waals surface area contributed by atoms with Gasteiger partial charge in [-0.3, -0.25) is 5.43 Å². The highest BCUT2D eigenvalue weighted by Gasteiger charge is 2.14. The van der Waals surface area contributed by atoms with E-state index in [0.717, 1.165) is 5.84 Å². The fourth-order valence-corrected chi connectivity index (χ4v) is 0.633. The van der Waals surface area contributed by atoms with Crippen molar-refractivity contribution in [2.75, 3.05) is 7.05 Å². The number of nitrogens with one attached hydrogen (secondary N) is 1. The van der Waals surface area contributed by atoms with Gasteiger partial charge in [-0.25, -0.2) is 0 Å². The lowest BCUT2D eigenvalue weighted by Crippen LogP contribution is -2.32. The maximum Gasteiger partial charge on any atom is 0.123 e. The van der Waals surface area contributed by atoms with Crippen molar-refractivity contribution in [2.24, 2.45) is 5.10 Å². The molecule has 1 rings (SSSR count). The molecule has 0 saturated heterocycles. The van der Waals surface area contributed by atoms with Crippen LogP contribution in [0.25, 0.3) is 0 Å². The van der Waals surface area contributed by atoms with Crippen LogP contribution in [0.4, 0.5) is 0 Å². The van der Waals surface area contributed by atoms with Crippen molar-refractivity contribution in [1.82, 2.24) is 10.3 Å². The summed E-state index contributed by atoms with van der Waals surface area (Å²) in [6.07, 6.45) is 0.370. The molecule has 0 fully saturated rings. The van der Waals surface area contributed by atoms with Crippen LogP contribution in [0.1, 0.15) is 13.8 Å². The highest BCUT2D eigenvalue weighted by atomic mass is 15.5. The summed E-state index contributed by atoms with van der Waals surface area (Å²) in [5.74, 6) is 1.05. The number of hydrogen-bond donors (Lipinski definition) is 1. The van der Waals surface area contributed by atoms with Gasteiger partial charge in [-0.05, 0) is 13.8 Å². The highest BCUT2D eigenvalue weighted by molar-refractivity contribution is 5.80. The minimum Gasteiger partial charge on any atom is -0.341 e. The third kappa shape index (κ3) is 0.638. The Morgan fingerprint density at radius 1 is 1.75 bits per heavy atom. The average Bonchev–Trinajstić information content (AvgIpc) is 1.98. The molecule has 0 radical (unpaired) electrons. The van der Waals surface area contributed by atoms with E-state index in [-0.39, 0.29) is 0 Å². The zero-order valence-electron chi connectivity index (χ0n) is 5.47. The molecule has 1 aliphatic heterocycles. The Morgan fingerprint density at radius 2 is 2.38 bits per heavy atom. The number of amidine groups is 1. The van der Waals surface area contributed by atoms with Gasteiger partial charge in [-0.1, -0.05) is 0 Å². The topological polar surface area (TPSA) is 27.6 Å². The second kappa shape index (κ2) is 1.65. The Kier molecular flexibility index (Phi) is 1.12. The van der Waals surface area contributed by atoms with Crippen LogP contribution in [0.2, 0.25) is 0 Å². The summed E-state index contributed by atoms with van der Waals surface area (Å²) in [7, 11) is 2.02. The van der Waals surface area contributed by atoms with Gasteiger partial charge in [0.15, 0.2) is 0 Å². The van der Waals surface area contributed by atoms with Gasteiger partial charge in [0.1, 0.15) is 12.0 Å². The SMILES string of the molecule is CC1=NNC(C)N1C. The van der Waals surface area contributed by atoms with Crippen LogP contribution in [0.5, 0.6) is 0 Å². The first-order valence-electron chi connectivity index (χ1n) is 2.74. The molecule has 8 heavy (non-hydrogen) atoms. The standard InChI is InChI=1S/C5H11N3/c1-4-6-7-5(2)8(4)3/h4,6H,1-3H3. The fraction of sp³-hybridized carbons (Fsp3) is 0.800. The zero-order valence-corrected chi connectivity index (χ0v) is 5.47. The molecule has 0 aromatic rings. The predicted octanol–water partition coefficient (Wildman–Crippen LogP) is 0.201. The van der Waals surface area contributed by atoms with Gasteiger partial charge in [-0.2, -0.15) is 5.10 Å². The van der Waals surface area contributed by atoms with E-state index in [2.05, 4.69) is 22.4 Å². The molecule has 0 bridgehead atoms. The van der Waals surface area contributed by atoms with E-state index >= 15 is 0 Å². The van der Waals surface area contributed by atoms with Gasteiger partial charge in [0, 0.05) is 7.05 Å². The number of hydrogen-bond acceptors (Lipinski definition) is 3. The third-order valence-electron chi connectivity index (χ3n) is 1.50. The first kappa shape index (κ1) is 5.41. The summed E-state index contributed by atoms with van der Waals surface area (Å²) >= 11 is 0. The molecule has 3 nitrogen and oxygen atoms in total. The molecule has 0 aromatic carbocycles. The van der Waals surface area contributed by atoms with Crippen LogP contribution in [0.15, 0.2) is 5.10 Å². The molecule has 0 amide bonds. The summed E-state index contributed by atoms with van der Waals surface area (Å²) in [5.41, 5.74) is 2.93. The van der Waals surface area contributed by atoms with Gasteiger partial charge in [0.05, 0.1) is 0 Å². The van der Waals surface area contributed by atoms with Crippen molar-refractivity contribution in [1.29, 1.82) is 0 Å². The predicted molar refractivity (Wildman–Crippen MR) is 33.5 cm³/mol. The van der Waals surface area contributed by atoms with Gasteiger partial charge in [0.25, 0.3) is 0 Å². The molecule has 1 heterocycles. The molecule has 1 atom stereocenters. The Bertz CT molecular complexity index is 119. The number of hydrazone groups is 1. The Morgan fingerprint density at radius 3 is 2.50 bits per heavy atom. The van der Waals surface area contributed by atoms with Crippen molar-refractivity contribution in [3.63, 3.8) is 0 Å². The van der Waals surface area contributed by atoms with Crippen LogP contribution in [0, 0.1) is 0 Å². The van der Waals surface area contributed by atoms with Crippen molar-refractivity contribution < 1.29 is 0 Å². The van der Waals surface area contributed by atoms with Crippen LogP contribution < -0.4 is 5.43 Å². The Hall–Kier alpha value is -0.730. The smallest absolute Gasteiger partial charge is 0.123 e. The van der Waals surface area contributed by atoms with E-state index in [9.17, 15) is 0 Å². The van der Waals surface area contributed by atoms with Gasteiger partial charge >= 0.3 is 0 Å². The second-order valence-corrected chi connectivity index (χ2v) is 2.07. The fourth-order valence-electron chi connectivity index (χ4n) is 0.633. The van der Waals surface area contributed by atoms with Crippen LogP contribution >= 0.6 is 0 Å². The molecule has 3 heteroatoms. The maximum absolute atomic E-state index is 3.99. The third-order valence-corrected chi connectivity index (χ3v) is 1.50. The van der Waals surface area contributed by atoms with Crippen molar-refractivity contribution in [3.8, 4) is 0 Å². The maximum atomic E-state index is 3.99. The molecule has 0 aliphatic carbocycles. The average molecular weight is 113 g/mol. The van der Waals surface area contributed by atoms with E-state index in [4.69, 9.17) is 0 Å². The summed E-state index contributed by atoms with van der Waals surface area (Å²) in [5, 5.41) is 3.99. The zero-order chi connectivity index (χ0) is 6.15. The molecule has 46 valence electrons. The first-order chi connectivity index (χ1) is 3.72. The molecule has 0 aromatic heterocycles. The molecular weight excluding hydrogens is 102 g/mol. The molecule has 1 N–H and O–H groups in total. The Balaban J connectivity index is 2.59. The normalized spacial score (nSPS) is 27.6. The van der Waals surface area contributed by atoms with E-state index in [0.29, 0.717) is 6.17 Å². The Labute approximate surface area is 49.4 Å². The lowest BCUT2D eigenvalue weighted by Gasteiger charge is -2.15. The molecule has 1 aliphatic rings. The number of nitrogens with zero attached hydrogens (tertiary/aromatic N) is 2. The molecular formula is C5H11N3. The minimum atomic E-state index is 0.370. The summed E-state index contributed by atoms with van der Waals surface area (Å²) in [6.45, 7) is 4.05. The lowest BCUT2D eigenvalue weighted by atomic mass is 10.5. The van der Waals surface area contributed by atoms with Crippen molar-refractivity contribution in [2.45, 2.75) is 20.0 Å². The van der Waals surface area contributed by atoms with E-state index in [1.165, 1.54) is 0 Å². The van der Waals surface area contributed by atoms with Crippen LogP contribution in [-0.2, 0) is 0 Å². The summed E-state index contributed by atoms with van der Waals surface area (Å²) in [6, 6.07) is 0. The van der Waals surface area contributed by atoms with Gasteiger partial charge in [-0.15, -0.1) is 0 Å². The molecule has 0 spiro atoms. The first-order valence-corrected chi connectivity index (χ1v) is 2.74. The van der Waals surface area contributed by atoms with Crippen LogP contribution in [0.3, 0.4) is 0 Å². The molecule has 1 unspecified atom stereocenters. The van der Waals surface area contributed by atoms with Gasteiger partial charge < -0.3 is 4.90 Å². The van der Waals surface area contributed by atoms with Crippen molar-refractivity contribution >= 4 is 5.84 Å². The lowest BCUT2D eigenvalue weighted by molar-refractivity contribution is 0.375. The van der Waals surface area contributed by atoms with Crippen molar-refractivity contribution in [3.05, 3.63) is 0 Å². The largest absolute Gasteiger partial charge is 0.341 e. The monoisotopic (exact) mass is 113 g/mol. The summed E-state index contributed by atoms with van der Waals surface area (Å²) in [4.78, 5) is 2.08. The van der Waals surface area contributed by atoms with Gasteiger partial charge in [0.2, 0.25) is 0 Å². The van der Waals surface area contributed by atoms with E-state index < -0.39 is 0 Å². The highest BCUT2D eigenvalue weighted by Crippen LogP contribution is 1.99. The van der Waals surface area contributed by atoms with E-state index in [1.807, 2.05) is 14.0 Å². The summed E-state index contributed by atoms with van der Waals surface area (Å²) < 4.78 is 0. The second-order valence-electron chi connectivity index (χ2n) is 2.07. The molecule has 0 saturated carbocycles.